The summed E-state index contributed by atoms with van der Waals surface area (Å²) in [6, 6.07) is 19.2. The van der Waals surface area contributed by atoms with Gasteiger partial charge in [-0.1, -0.05) is 59.6 Å². The zero-order valence-electron chi connectivity index (χ0n) is 17.7. The Bertz CT molecular complexity index is 1110. The van der Waals surface area contributed by atoms with E-state index in [1.807, 2.05) is 24.3 Å². The summed E-state index contributed by atoms with van der Waals surface area (Å²) >= 11 is 9.72. The average Bonchev–Trinajstić information content (AvgIpc) is 2.81. The van der Waals surface area contributed by atoms with E-state index in [9.17, 15) is 13.6 Å². The van der Waals surface area contributed by atoms with Crippen LogP contribution < -0.4 is 9.62 Å². The molecule has 0 heterocycles. The van der Waals surface area contributed by atoms with Gasteiger partial charge < -0.3 is 19.3 Å². The number of amides is 1. The summed E-state index contributed by atoms with van der Waals surface area (Å²) in [6.07, 6.45) is 0.975. The Hall–Kier alpha value is -2.42. The molecule has 3 aromatic rings. The van der Waals surface area contributed by atoms with E-state index in [1.165, 1.54) is 4.31 Å². The van der Waals surface area contributed by atoms with Gasteiger partial charge in [-0.2, -0.15) is 0 Å². The van der Waals surface area contributed by atoms with Gasteiger partial charge >= 0.3 is 0 Å². The number of nitrogens with one attached hydrogen (secondary N) is 1. The van der Waals surface area contributed by atoms with Crippen LogP contribution in [0.2, 0.25) is 10.0 Å². The number of aliphatic hydroxyl groups excluding tert-OH is 1. The molecule has 0 aliphatic rings. The standard InChI is InChI=1S/C24H24Cl2N2O4S/c25-22-3-1-2-19(23(22)26)12-14-28(33(31)32)21-10-8-20(9-11-21)24(30)27-16-18-6-4-17(5-7-18)13-15-29/h1-11,29H,12-16H2,(H,27,30)(H,31,32)/p-1. The number of rotatable bonds is 10. The van der Waals surface area contributed by atoms with Crippen molar-refractivity contribution in [1.82, 2.24) is 5.32 Å². The summed E-state index contributed by atoms with van der Waals surface area (Å²) < 4.78 is 24.8. The fraction of sp³-hybridized carbons (Fsp3) is 0.208. The van der Waals surface area contributed by atoms with Crippen LogP contribution in [0.4, 0.5) is 5.69 Å². The van der Waals surface area contributed by atoms with Crippen molar-refractivity contribution in [2.24, 2.45) is 0 Å². The van der Waals surface area contributed by atoms with Crippen molar-refractivity contribution in [3.63, 3.8) is 0 Å². The van der Waals surface area contributed by atoms with E-state index in [0.29, 0.717) is 40.7 Å². The maximum Gasteiger partial charge on any atom is 0.251 e. The topological polar surface area (TPSA) is 92.7 Å². The van der Waals surface area contributed by atoms with Crippen molar-refractivity contribution in [2.75, 3.05) is 17.5 Å². The highest BCUT2D eigenvalue weighted by Gasteiger charge is 2.12. The van der Waals surface area contributed by atoms with Crippen molar-refractivity contribution in [3.8, 4) is 0 Å². The molecule has 6 nitrogen and oxygen atoms in total. The molecule has 1 amide bonds. The number of halogens is 2. The summed E-state index contributed by atoms with van der Waals surface area (Å²) in [5.74, 6) is -0.263. The summed E-state index contributed by atoms with van der Waals surface area (Å²) in [6.45, 7) is 0.628. The third-order valence-electron chi connectivity index (χ3n) is 5.09. The maximum atomic E-state index is 12.5. The Morgan fingerprint density at radius 2 is 1.64 bits per heavy atom. The molecular formula is C24H23Cl2N2O4S-. The Morgan fingerprint density at radius 3 is 2.27 bits per heavy atom. The van der Waals surface area contributed by atoms with Gasteiger partial charge in [0.1, 0.15) is 0 Å². The van der Waals surface area contributed by atoms with Crippen molar-refractivity contribution in [3.05, 3.63) is 99.0 Å². The minimum Gasteiger partial charge on any atom is -0.755 e. The van der Waals surface area contributed by atoms with E-state index in [1.54, 1.807) is 42.5 Å². The molecule has 0 bridgehead atoms. The number of carbonyl (C=O) groups excluding carboxylic acids is 1. The van der Waals surface area contributed by atoms with E-state index < -0.39 is 11.3 Å². The van der Waals surface area contributed by atoms with Gasteiger partial charge in [-0.15, -0.1) is 0 Å². The quantitative estimate of drug-likeness (QED) is 0.401. The van der Waals surface area contributed by atoms with E-state index in [-0.39, 0.29) is 19.1 Å². The van der Waals surface area contributed by atoms with Crippen LogP contribution >= 0.6 is 23.2 Å². The highest BCUT2D eigenvalue weighted by molar-refractivity contribution is 7.80. The number of aliphatic hydroxyl groups is 1. The number of hydrogen-bond acceptors (Lipinski definition) is 4. The van der Waals surface area contributed by atoms with E-state index in [4.69, 9.17) is 28.3 Å². The minimum absolute atomic E-state index is 0.0950. The Kier molecular flexibility index (Phi) is 9.29. The van der Waals surface area contributed by atoms with Crippen LogP contribution in [0.3, 0.4) is 0 Å². The van der Waals surface area contributed by atoms with Gasteiger partial charge in [0.15, 0.2) is 0 Å². The van der Waals surface area contributed by atoms with Crippen molar-refractivity contribution >= 4 is 46.1 Å². The molecule has 0 saturated heterocycles. The molecule has 1 atom stereocenters. The summed E-state index contributed by atoms with van der Waals surface area (Å²) in [7, 11) is 0. The van der Waals surface area contributed by atoms with Gasteiger partial charge in [0.05, 0.1) is 10.0 Å². The average molecular weight is 506 g/mol. The summed E-state index contributed by atoms with van der Waals surface area (Å²) in [5, 5.41) is 12.6. The zero-order chi connectivity index (χ0) is 23.8. The number of carbonyl (C=O) groups is 1. The molecule has 0 saturated carbocycles. The number of nitrogens with zero attached hydrogens (tertiary/aromatic N) is 1. The molecule has 0 aliphatic heterocycles. The lowest BCUT2D eigenvalue weighted by Crippen LogP contribution is -2.28. The molecule has 0 aromatic heterocycles. The van der Waals surface area contributed by atoms with Crippen LogP contribution in [0.15, 0.2) is 66.7 Å². The smallest absolute Gasteiger partial charge is 0.251 e. The second-order valence-electron chi connectivity index (χ2n) is 7.30. The van der Waals surface area contributed by atoms with Gasteiger partial charge in [-0.25, -0.2) is 0 Å². The van der Waals surface area contributed by atoms with Crippen molar-refractivity contribution < 1.29 is 18.7 Å². The molecule has 0 spiro atoms. The van der Waals surface area contributed by atoms with Crippen LogP contribution in [-0.4, -0.2) is 32.9 Å². The molecule has 3 rings (SSSR count). The lowest BCUT2D eigenvalue weighted by molar-refractivity contribution is 0.0951. The maximum absolute atomic E-state index is 12.5. The number of hydrogen-bond donors (Lipinski definition) is 2. The first kappa shape index (κ1) is 25.2. The van der Waals surface area contributed by atoms with E-state index >= 15 is 0 Å². The molecule has 3 aromatic carbocycles. The summed E-state index contributed by atoms with van der Waals surface area (Å²) in [5.41, 5.74) is 3.58. The second kappa shape index (κ2) is 12.2. The lowest BCUT2D eigenvalue weighted by Gasteiger charge is -2.26. The predicted molar refractivity (Wildman–Crippen MR) is 131 cm³/mol. The molecule has 1 unspecified atom stereocenters. The highest BCUT2D eigenvalue weighted by Crippen LogP contribution is 2.26. The second-order valence-corrected chi connectivity index (χ2v) is 8.96. The van der Waals surface area contributed by atoms with Gasteiger partial charge in [-0.3, -0.25) is 9.00 Å². The SMILES string of the molecule is O=C(NCc1ccc(CCO)cc1)c1ccc(N(CCc2cccc(Cl)c2Cl)S(=O)[O-])cc1. The largest absolute Gasteiger partial charge is 0.755 e. The summed E-state index contributed by atoms with van der Waals surface area (Å²) in [4.78, 5) is 12.5. The van der Waals surface area contributed by atoms with Gasteiger partial charge in [0, 0.05) is 42.2 Å². The van der Waals surface area contributed by atoms with Crippen LogP contribution in [0.1, 0.15) is 27.0 Å². The molecule has 0 aliphatic carbocycles. The third-order valence-corrected chi connectivity index (χ3v) is 6.70. The first-order valence-corrected chi connectivity index (χ1v) is 12.0. The monoisotopic (exact) mass is 505 g/mol. The van der Waals surface area contributed by atoms with Crippen LogP contribution in [-0.2, 0) is 30.7 Å². The Morgan fingerprint density at radius 1 is 0.970 bits per heavy atom. The van der Waals surface area contributed by atoms with Gasteiger partial charge in [-0.05, 0) is 59.9 Å². The molecule has 2 N–H and O–H groups in total. The molecule has 0 radical (unpaired) electrons. The highest BCUT2D eigenvalue weighted by atomic mass is 35.5. The fourth-order valence-corrected chi connectivity index (χ4v) is 4.22. The fourth-order valence-electron chi connectivity index (χ4n) is 3.27. The van der Waals surface area contributed by atoms with Crippen LogP contribution in [0.5, 0.6) is 0 Å². The third kappa shape index (κ3) is 7.03. The molecule has 0 fully saturated rings. The van der Waals surface area contributed by atoms with Crippen molar-refractivity contribution in [2.45, 2.75) is 19.4 Å². The predicted octanol–water partition coefficient (Wildman–Crippen LogP) is 4.30. The first-order chi connectivity index (χ1) is 15.9. The van der Waals surface area contributed by atoms with Gasteiger partial charge in [0.25, 0.3) is 5.91 Å². The van der Waals surface area contributed by atoms with Crippen LogP contribution in [0.25, 0.3) is 0 Å². The Labute approximate surface area is 205 Å². The first-order valence-electron chi connectivity index (χ1n) is 10.3. The van der Waals surface area contributed by atoms with E-state index in [2.05, 4.69) is 5.32 Å². The van der Waals surface area contributed by atoms with Crippen molar-refractivity contribution in [1.29, 1.82) is 0 Å². The minimum atomic E-state index is -2.50. The number of anilines is 1. The molecular weight excluding hydrogens is 483 g/mol. The Balaban J connectivity index is 1.61. The zero-order valence-corrected chi connectivity index (χ0v) is 20.0. The molecule has 33 heavy (non-hydrogen) atoms. The molecule has 174 valence electrons. The van der Waals surface area contributed by atoms with Crippen LogP contribution in [0, 0.1) is 0 Å². The van der Waals surface area contributed by atoms with Gasteiger partial charge in [0.2, 0.25) is 0 Å². The normalized spacial score (nSPS) is 11.8. The lowest BCUT2D eigenvalue weighted by atomic mass is 10.1. The molecule has 9 heteroatoms. The van der Waals surface area contributed by atoms with E-state index in [0.717, 1.165) is 16.7 Å². The number of benzene rings is 3.